The molecule has 3 rings (SSSR count). The third kappa shape index (κ3) is 2.56. The Morgan fingerprint density at radius 2 is 1.76 bits per heavy atom. The number of hydrogen-bond acceptors (Lipinski definition) is 5. The van der Waals surface area contributed by atoms with Gasteiger partial charge in [-0.25, -0.2) is 9.97 Å². The van der Waals surface area contributed by atoms with E-state index in [0.717, 1.165) is 38.7 Å². The summed E-state index contributed by atoms with van der Waals surface area (Å²) in [5.74, 6) is 0.848. The van der Waals surface area contributed by atoms with Gasteiger partial charge in [-0.05, 0) is 18.9 Å². The minimum absolute atomic E-state index is 0.130. The van der Waals surface area contributed by atoms with Gasteiger partial charge in [0, 0.05) is 50.7 Å². The number of nitrogens with two attached hydrogens (primary N) is 1. The lowest BCUT2D eigenvalue weighted by atomic mass is 10.2. The fourth-order valence-electron chi connectivity index (χ4n) is 2.32. The number of hydrogen-bond donors (Lipinski definition) is 1. The van der Waals surface area contributed by atoms with Crippen molar-refractivity contribution in [2.45, 2.75) is 18.4 Å². The average Bonchev–Trinajstić information content (AvgIpc) is 3.09. The van der Waals surface area contributed by atoms with Crippen LogP contribution in [0.25, 0.3) is 0 Å². The van der Waals surface area contributed by atoms with Crippen molar-refractivity contribution < 1.29 is 0 Å². The van der Waals surface area contributed by atoms with Gasteiger partial charge in [-0.3, -0.25) is 4.90 Å². The summed E-state index contributed by atoms with van der Waals surface area (Å²) in [5.41, 5.74) is 6.27. The molecule has 1 aliphatic carbocycles. The Balaban J connectivity index is 1.54. The van der Waals surface area contributed by atoms with Crippen molar-refractivity contribution >= 4 is 5.95 Å². The molecule has 0 bridgehead atoms. The van der Waals surface area contributed by atoms with Gasteiger partial charge >= 0.3 is 0 Å². The van der Waals surface area contributed by atoms with E-state index < -0.39 is 0 Å². The van der Waals surface area contributed by atoms with Crippen molar-refractivity contribution in [2.75, 3.05) is 37.6 Å². The van der Waals surface area contributed by atoms with Crippen LogP contribution in [0.2, 0.25) is 0 Å². The molecule has 1 aromatic heterocycles. The Bertz CT molecular complexity index is 368. The highest BCUT2D eigenvalue weighted by Crippen LogP contribution is 2.33. The normalized spacial score (nSPS) is 23.7. The van der Waals surface area contributed by atoms with Crippen molar-refractivity contribution in [3.8, 4) is 0 Å². The Morgan fingerprint density at radius 1 is 1.12 bits per heavy atom. The fourth-order valence-corrected chi connectivity index (χ4v) is 2.32. The van der Waals surface area contributed by atoms with Crippen molar-refractivity contribution in [1.29, 1.82) is 0 Å². The summed E-state index contributed by atoms with van der Waals surface area (Å²) in [5, 5.41) is 0. The molecule has 0 aromatic carbocycles. The van der Waals surface area contributed by atoms with Gasteiger partial charge < -0.3 is 10.6 Å². The minimum Gasteiger partial charge on any atom is -0.338 e. The lowest BCUT2D eigenvalue weighted by Gasteiger charge is -2.35. The predicted octanol–water partition coefficient (Wildman–Crippen LogP) is 0.0899. The zero-order chi connectivity index (χ0) is 11.7. The van der Waals surface area contributed by atoms with E-state index in [1.807, 2.05) is 6.07 Å². The molecule has 5 nitrogen and oxygen atoms in total. The Labute approximate surface area is 102 Å². The third-order valence-electron chi connectivity index (χ3n) is 3.64. The van der Waals surface area contributed by atoms with Crippen LogP contribution in [-0.4, -0.2) is 53.1 Å². The molecule has 17 heavy (non-hydrogen) atoms. The predicted molar refractivity (Wildman–Crippen MR) is 66.8 cm³/mol. The zero-order valence-corrected chi connectivity index (χ0v) is 10.0. The van der Waals surface area contributed by atoms with E-state index in [4.69, 9.17) is 5.73 Å². The smallest absolute Gasteiger partial charge is 0.225 e. The first-order chi connectivity index (χ1) is 8.25. The Hall–Kier alpha value is -1.20. The maximum absolute atomic E-state index is 6.14. The van der Waals surface area contributed by atoms with Crippen LogP contribution in [0.3, 0.4) is 0 Å². The molecule has 0 unspecified atom stereocenters. The zero-order valence-electron chi connectivity index (χ0n) is 10.0. The highest BCUT2D eigenvalue weighted by Gasteiger charge is 2.40. The molecule has 5 heteroatoms. The van der Waals surface area contributed by atoms with E-state index >= 15 is 0 Å². The van der Waals surface area contributed by atoms with Gasteiger partial charge in [-0.2, -0.15) is 0 Å². The molecule has 0 radical (unpaired) electrons. The van der Waals surface area contributed by atoms with Gasteiger partial charge in [-0.15, -0.1) is 0 Å². The van der Waals surface area contributed by atoms with Crippen molar-refractivity contribution in [1.82, 2.24) is 14.9 Å². The van der Waals surface area contributed by atoms with E-state index in [1.54, 1.807) is 12.4 Å². The molecular formula is C12H19N5. The molecule has 1 aromatic rings. The van der Waals surface area contributed by atoms with Crippen molar-refractivity contribution in [3.63, 3.8) is 0 Å². The first-order valence-electron chi connectivity index (χ1n) is 6.28. The maximum atomic E-state index is 6.14. The standard InChI is InChI=1S/C12H19N5/c13-12(2-3-12)10-16-6-8-17(9-7-16)11-14-4-1-5-15-11/h1,4-5H,2-3,6-10,13H2. The molecule has 92 valence electrons. The van der Waals surface area contributed by atoms with Crippen molar-refractivity contribution in [2.24, 2.45) is 5.73 Å². The van der Waals surface area contributed by atoms with Crippen LogP contribution in [0.15, 0.2) is 18.5 Å². The Kier molecular flexibility index (Phi) is 2.72. The molecule has 2 N–H and O–H groups in total. The summed E-state index contributed by atoms with van der Waals surface area (Å²) in [6.07, 6.45) is 5.98. The van der Waals surface area contributed by atoms with Crippen LogP contribution in [0, 0.1) is 0 Å². The van der Waals surface area contributed by atoms with Crippen LogP contribution in [0.5, 0.6) is 0 Å². The van der Waals surface area contributed by atoms with Gasteiger partial charge in [-0.1, -0.05) is 0 Å². The summed E-state index contributed by atoms with van der Waals surface area (Å²) in [7, 11) is 0. The SMILES string of the molecule is NC1(CN2CCN(c3ncccn3)CC2)CC1. The van der Waals surface area contributed by atoms with E-state index in [1.165, 1.54) is 12.8 Å². The highest BCUT2D eigenvalue weighted by molar-refractivity contribution is 5.29. The molecule has 0 spiro atoms. The van der Waals surface area contributed by atoms with Crippen LogP contribution in [0.1, 0.15) is 12.8 Å². The molecule has 2 fully saturated rings. The van der Waals surface area contributed by atoms with E-state index in [9.17, 15) is 0 Å². The maximum Gasteiger partial charge on any atom is 0.225 e. The molecular weight excluding hydrogens is 214 g/mol. The Morgan fingerprint density at radius 3 is 2.35 bits per heavy atom. The fraction of sp³-hybridized carbons (Fsp3) is 0.667. The second-order valence-electron chi connectivity index (χ2n) is 5.17. The van der Waals surface area contributed by atoms with Gasteiger partial charge in [0.25, 0.3) is 0 Å². The lowest BCUT2D eigenvalue weighted by Crippen LogP contribution is -2.51. The summed E-state index contributed by atoms with van der Waals surface area (Å²) < 4.78 is 0. The number of rotatable bonds is 3. The average molecular weight is 233 g/mol. The first-order valence-corrected chi connectivity index (χ1v) is 6.28. The quantitative estimate of drug-likeness (QED) is 0.802. The summed E-state index contributed by atoms with van der Waals surface area (Å²) in [6.45, 7) is 5.19. The van der Waals surface area contributed by atoms with Gasteiger partial charge in [0.1, 0.15) is 0 Å². The summed E-state index contributed by atoms with van der Waals surface area (Å²) in [4.78, 5) is 13.3. The molecule has 1 saturated carbocycles. The molecule has 2 aliphatic rings. The molecule has 1 saturated heterocycles. The second-order valence-corrected chi connectivity index (χ2v) is 5.17. The lowest BCUT2D eigenvalue weighted by molar-refractivity contribution is 0.235. The van der Waals surface area contributed by atoms with Crippen LogP contribution in [0.4, 0.5) is 5.95 Å². The van der Waals surface area contributed by atoms with Gasteiger partial charge in [0.15, 0.2) is 0 Å². The highest BCUT2D eigenvalue weighted by atomic mass is 15.3. The second kappa shape index (κ2) is 4.23. The van der Waals surface area contributed by atoms with Gasteiger partial charge in [0.05, 0.1) is 0 Å². The number of nitrogens with zero attached hydrogens (tertiary/aromatic N) is 4. The van der Waals surface area contributed by atoms with Gasteiger partial charge in [0.2, 0.25) is 5.95 Å². The first kappa shape index (κ1) is 10.9. The van der Waals surface area contributed by atoms with E-state index in [0.29, 0.717) is 0 Å². The third-order valence-corrected chi connectivity index (χ3v) is 3.64. The minimum atomic E-state index is 0.130. The monoisotopic (exact) mass is 233 g/mol. The van der Waals surface area contributed by atoms with Crippen molar-refractivity contribution in [3.05, 3.63) is 18.5 Å². The van der Waals surface area contributed by atoms with E-state index in [-0.39, 0.29) is 5.54 Å². The number of piperazine rings is 1. The molecule has 0 amide bonds. The topological polar surface area (TPSA) is 58.3 Å². The summed E-state index contributed by atoms with van der Waals surface area (Å²) in [6, 6.07) is 1.85. The largest absolute Gasteiger partial charge is 0.338 e. The van der Waals surface area contributed by atoms with E-state index in [2.05, 4.69) is 19.8 Å². The molecule has 0 atom stereocenters. The van der Waals surface area contributed by atoms with Crippen LogP contribution < -0.4 is 10.6 Å². The molecule has 2 heterocycles. The number of aromatic nitrogens is 2. The molecule has 1 aliphatic heterocycles. The number of anilines is 1. The summed E-state index contributed by atoms with van der Waals surface area (Å²) >= 11 is 0. The van der Waals surface area contributed by atoms with Crippen LogP contribution >= 0.6 is 0 Å². The van der Waals surface area contributed by atoms with Crippen LogP contribution in [-0.2, 0) is 0 Å².